The zero-order chi connectivity index (χ0) is 15.4. The van der Waals surface area contributed by atoms with E-state index in [0.717, 1.165) is 22.8 Å². The van der Waals surface area contributed by atoms with Gasteiger partial charge in [-0.1, -0.05) is 25.1 Å². The first-order chi connectivity index (χ1) is 10.7. The van der Waals surface area contributed by atoms with Gasteiger partial charge in [-0.2, -0.15) is 16.9 Å². The number of urea groups is 1. The van der Waals surface area contributed by atoms with Crippen molar-refractivity contribution in [3.63, 3.8) is 0 Å². The molecule has 1 aliphatic rings. The SMILES string of the molecule is CC1CSCC1NC(=O)NCc1cnn(-c2ccccc2)c1. The normalized spacial score (nSPS) is 20.8. The van der Waals surface area contributed by atoms with Crippen LogP contribution >= 0.6 is 11.8 Å². The van der Waals surface area contributed by atoms with E-state index in [2.05, 4.69) is 22.7 Å². The van der Waals surface area contributed by atoms with E-state index in [1.54, 1.807) is 6.20 Å². The number of rotatable bonds is 4. The fraction of sp³-hybridized carbons (Fsp3) is 0.375. The van der Waals surface area contributed by atoms with E-state index < -0.39 is 0 Å². The molecular formula is C16H20N4OS. The molecule has 0 aliphatic carbocycles. The van der Waals surface area contributed by atoms with Crippen LogP contribution in [0, 0.1) is 5.92 Å². The zero-order valence-corrected chi connectivity index (χ0v) is 13.3. The average molecular weight is 316 g/mol. The Bertz CT molecular complexity index is 628. The second kappa shape index (κ2) is 6.87. The van der Waals surface area contributed by atoms with Gasteiger partial charge >= 0.3 is 6.03 Å². The van der Waals surface area contributed by atoms with Crippen molar-refractivity contribution in [1.29, 1.82) is 0 Å². The van der Waals surface area contributed by atoms with Crippen LogP contribution in [-0.2, 0) is 6.54 Å². The van der Waals surface area contributed by atoms with Crippen molar-refractivity contribution in [2.75, 3.05) is 11.5 Å². The molecule has 1 saturated heterocycles. The molecular weight excluding hydrogens is 296 g/mol. The molecule has 116 valence electrons. The first-order valence-corrected chi connectivity index (χ1v) is 8.59. The van der Waals surface area contributed by atoms with Crippen molar-refractivity contribution in [3.8, 4) is 5.69 Å². The van der Waals surface area contributed by atoms with Gasteiger partial charge in [0.1, 0.15) is 0 Å². The van der Waals surface area contributed by atoms with Crippen LogP contribution in [0.4, 0.5) is 4.79 Å². The number of para-hydroxylation sites is 1. The number of aromatic nitrogens is 2. The molecule has 0 bridgehead atoms. The van der Waals surface area contributed by atoms with Crippen LogP contribution in [0.25, 0.3) is 5.69 Å². The van der Waals surface area contributed by atoms with E-state index in [9.17, 15) is 4.79 Å². The summed E-state index contributed by atoms with van der Waals surface area (Å²) in [6.07, 6.45) is 3.71. The largest absolute Gasteiger partial charge is 0.334 e. The second-order valence-corrected chi connectivity index (χ2v) is 6.65. The molecule has 2 N–H and O–H groups in total. The lowest BCUT2D eigenvalue weighted by Gasteiger charge is -2.16. The molecule has 22 heavy (non-hydrogen) atoms. The highest BCUT2D eigenvalue weighted by atomic mass is 32.2. The minimum atomic E-state index is -0.105. The van der Waals surface area contributed by atoms with Crippen molar-refractivity contribution in [3.05, 3.63) is 48.3 Å². The lowest BCUT2D eigenvalue weighted by atomic mass is 10.1. The summed E-state index contributed by atoms with van der Waals surface area (Å²) in [7, 11) is 0. The number of thioether (sulfide) groups is 1. The summed E-state index contributed by atoms with van der Waals surface area (Å²) >= 11 is 1.89. The predicted molar refractivity (Wildman–Crippen MR) is 89.2 cm³/mol. The van der Waals surface area contributed by atoms with Crippen LogP contribution in [-0.4, -0.2) is 33.4 Å². The smallest absolute Gasteiger partial charge is 0.315 e. The van der Waals surface area contributed by atoms with E-state index in [-0.39, 0.29) is 12.1 Å². The van der Waals surface area contributed by atoms with Gasteiger partial charge in [-0.3, -0.25) is 0 Å². The first kappa shape index (κ1) is 15.0. The van der Waals surface area contributed by atoms with Gasteiger partial charge in [-0.05, 0) is 23.8 Å². The third-order valence-corrected chi connectivity index (χ3v) is 5.15. The van der Waals surface area contributed by atoms with E-state index in [1.165, 1.54) is 0 Å². The summed E-state index contributed by atoms with van der Waals surface area (Å²) in [5.74, 6) is 2.66. The quantitative estimate of drug-likeness (QED) is 0.911. The second-order valence-electron chi connectivity index (χ2n) is 5.58. The molecule has 2 aromatic rings. The van der Waals surface area contributed by atoms with Gasteiger partial charge in [0, 0.05) is 30.1 Å². The average Bonchev–Trinajstić information content (AvgIpc) is 3.16. The summed E-state index contributed by atoms with van der Waals surface area (Å²) in [6, 6.07) is 10.1. The summed E-state index contributed by atoms with van der Waals surface area (Å²) in [6.45, 7) is 2.65. The minimum absolute atomic E-state index is 0.105. The molecule has 0 spiro atoms. The molecule has 6 heteroatoms. The maximum atomic E-state index is 11.9. The number of carbonyl (C=O) groups is 1. The monoisotopic (exact) mass is 316 g/mol. The molecule has 3 rings (SSSR count). The highest BCUT2D eigenvalue weighted by Crippen LogP contribution is 2.23. The van der Waals surface area contributed by atoms with Crippen LogP contribution in [0.3, 0.4) is 0 Å². The molecule has 2 unspecified atom stereocenters. The zero-order valence-electron chi connectivity index (χ0n) is 12.5. The molecule has 2 heterocycles. The first-order valence-electron chi connectivity index (χ1n) is 7.43. The third kappa shape index (κ3) is 3.62. The number of hydrogen-bond acceptors (Lipinski definition) is 3. The van der Waals surface area contributed by atoms with Gasteiger partial charge in [0.25, 0.3) is 0 Å². The Morgan fingerprint density at radius 2 is 2.18 bits per heavy atom. The number of nitrogens with one attached hydrogen (secondary N) is 2. The number of benzene rings is 1. The molecule has 2 amide bonds. The molecule has 1 aliphatic heterocycles. The van der Waals surface area contributed by atoms with E-state index >= 15 is 0 Å². The maximum absolute atomic E-state index is 11.9. The Balaban J connectivity index is 1.51. The number of nitrogens with zero attached hydrogens (tertiary/aromatic N) is 2. The van der Waals surface area contributed by atoms with Crippen LogP contribution < -0.4 is 10.6 Å². The van der Waals surface area contributed by atoms with Crippen molar-refractivity contribution in [1.82, 2.24) is 20.4 Å². The van der Waals surface area contributed by atoms with Crippen molar-refractivity contribution in [2.24, 2.45) is 5.92 Å². The maximum Gasteiger partial charge on any atom is 0.315 e. The van der Waals surface area contributed by atoms with Crippen LogP contribution in [0.5, 0.6) is 0 Å². The van der Waals surface area contributed by atoms with Crippen LogP contribution in [0.15, 0.2) is 42.7 Å². The fourth-order valence-electron chi connectivity index (χ4n) is 2.42. The Hall–Kier alpha value is -1.95. The summed E-state index contributed by atoms with van der Waals surface area (Å²) in [5, 5.41) is 10.3. The molecule has 1 fully saturated rings. The van der Waals surface area contributed by atoms with Gasteiger partial charge in [0.2, 0.25) is 0 Å². The molecule has 1 aromatic carbocycles. The van der Waals surface area contributed by atoms with Gasteiger partial charge in [0.15, 0.2) is 0 Å². The Kier molecular flexibility index (Phi) is 4.68. The number of carbonyl (C=O) groups excluding carboxylic acids is 1. The lowest BCUT2D eigenvalue weighted by molar-refractivity contribution is 0.235. The topological polar surface area (TPSA) is 59.0 Å². The van der Waals surface area contributed by atoms with E-state index in [1.807, 2.05) is 53.0 Å². The lowest BCUT2D eigenvalue weighted by Crippen LogP contribution is -2.44. The van der Waals surface area contributed by atoms with E-state index in [0.29, 0.717) is 12.5 Å². The van der Waals surface area contributed by atoms with Crippen LogP contribution in [0.2, 0.25) is 0 Å². The Labute approximate surface area is 134 Å². The Morgan fingerprint density at radius 3 is 2.91 bits per heavy atom. The van der Waals surface area contributed by atoms with Gasteiger partial charge in [-0.25, -0.2) is 9.48 Å². The van der Waals surface area contributed by atoms with Gasteiger partial charge < -0.3 is 10.6 Å². The van der Waals surface area contributed by atoms with E-state index in [4.69, 9.17) is 0 Å². The minimum Gasteiger partial charge on any atom is -0.334 e. The van der Waals surface area contributed by atoms with Gasteiger partial charge in [-0.15, -0.1) is 0 Å². The molecule has 0 radical (unpaired) electrons. The molecule has 2 atom stereocenters. The molecule has 5 nitrogen and oxygen atoms in total. The highest BCUT2D eigenvalue weighted by molar-refractivity contribution is 7.99. The number of hydrogen-bond donors (Lipinski definition) is 2. The molecule has 1 aromatic heterocycles. The highest BCUT2D eigenvalue weighted by Gasteiger charge is 2.25. The van der Waals surface area contributed by atoms with Crippen molar-refractivity contribution >= 4 is 17.8 Å². The fourth-order valence-corrected chi connectivity index (χ4v) is 3.83. The molecule has 0 saturated carbocycles. The van der Waals surface area contributed by atoms with Gasteiger partial charge in [0.05, 0.1) is 11.9 Å². The summed E-state index contributed by atoms with van der Waals surface area (Å²) < 4.78 is 1.81. The van der Waals surface area contributed by atoms with Crippen LogP contribution in [0.1, 0.15) is 12.5 Å². The predicted octanol–water partition coefficient (Wildman–Crippen LogP) is 2.42. The number of amides is 2. The Morgan fingerprint density at radius 1 is 1.36 bits per heavy atom. The summed E-state index contributed by atoms with van der Waals surface area (Å²) in [4.78, 5) is 11.9. The summed E-state index contributed by atoms with van der Waals surface area (Å²) in [5.41, 5.74) is 1.99. The standard InChI is InChI=1S/C16H20N4OS/c1-12-10-22-11-15(12)19-16(21)17-7-13-8-18-20(9-13)14-5-3-2-4-6-14/h2-6,8-9,12,15H,7,10-11H2,1H3,(H2,17,19,21). The van der Waals surface area contributed by atoms with Crippen molar-refractivity contribution in [2.45, 2.75) is 19.5 Å². The van der Waals surface area contributed by atoms with Crippen molar-refractivity contribution < 1.29 is 4.79 Å². The third-order valence-electron chi connectivity index (χ3n) is 3.79.